The van der Waals surface area contributed by atoms with Crippen LogP contribution in [-0.2, 0) is 11.3 Å². The van der Waals surface area contributed by atoms with E-state index in [1.807, 2.05) is 24.3 Å². The van der Waals surface area contributed by atoms with Crippen molar-refractivity contribution < 1.29 is 9.90 Å². The van der Waals surface area contributed by atoms with Gasteiger partial charge in [-0.1, -0.05) is 36.6 Å². The van der Waals surface area contributed by atoms with E-state index < -0.39 is 5.97 Å². The van der Waals surface area contributed by atoms with E-state index in [0.717, 1.165) is 30.0 Å². The molecule has 2 fully saturated rings. The molecule has 3 rings (SSSR count). The van der Waals surface area contributed by atoms with E-state index in [-0.39, 0.29) is 6.04 Å². The maximum absolute atomic E-state index is 11.5. The summed E-state index contributed by atoms with van der Waals surface area (Å²) in [5, 5.41) is 10.2. The molecule has 0 radical (unpaired) electrons. The predicted octanol–water partition coefficient (Wildman–Crippen LogP) is 3.56. The zero-order valence-electron chi connectivity index (χ0n) is 11.5. The van der Waals surface area contributed by atoms with Gasteiger partial charge in [-0.2, -0.15) is 0 Å². The molecule has 1 aliphatic heterocycles. The highest BCUT2D eigenvalue weighted by atomic mass is 35.5. The number of likely N-dealkylation sites (tertiary alicyclic amines) is 1. The van der Waals surface area contributed by atoms with Gasteiger partial charge in [-0.15, -0.1) is 0 Å². The molecule has 4 heteroatoms. The number of carbonyl (C=O) groups is 1. The Morgan fingerprint density at radius 1 is 1.25 bits per heavy atom. The molecule has 1 aromatic carbocycles. The van der Waals surface area contributed by atoms with Crippen molar-refractivity contribution in [2.24, 2.45) is 5.92 Å². The molecule has 1 aromatic rings. The Morgan fingerprint density at radius 2 is 1.95 bits per heavy atom. The molecule has 1 aliphatic carbocycles. The molecular formula is C16H20ClNO2. The molecule has 3 atom stereocenters. The van der Waals surface area contributed by atoms with Gasteiger partial charge in [-0.05, 0) is 42.9 Å². The molecule has 0 amide bonds. The summed E-state index contributed by atoms with van der Waals surface area (Å²) in [5.41, 5.74) is 1.15. The summed E-state index contributed by atoms with van der Waals surface area (Å²) < 4.78 is 0. The van der Waals surface area contributed by atoms with Crippen LogP contribution >= 0.6 is 11.6 Å². The van der Waals surface area contributed by atoms with E-state index in [2.05, 4.69) is 4.90 Å². The number of halogens is 1. The van der Waals surface area contributed by atoms with Crippen LogP contribution in [-0.4, -0.2) is 28.1 Å². The van der Waals surface area contributed by atoms with Gasteiger partial charge in [0.15, 0.2) is 0 Å². The first-order valence-electron chi connectivity index (χ1n) is 7.38. The van der Waals surface area contributed by atoms with Gasteiger partial charge in [0.1, 0.15) is 6.04 Å². The van der Waals surface area contributed by atoms with E-state index in [4.69, 9.17) is 11.6 Å². The number of fused-ring (bicyclic) bond motifs is 1. The quantitative estimate of drug-likeness (QED) is 0.926. The molecule has 20 heavy (non-hydrogen) atoms. The minimum atomic E-state index is -0.673. The van der Waals surface area contributed by atoms with Crippen LogP contribution in [0.25, 0.3) is 0 Å². The molecule has 1 heterocycles. The Morgan fingerprint density at radius 3 is 2.65 bits per heavy atom. The Kier molecular flexibility index (Phi) is 3.99. The highest BCUT2D eigenvalue weighted by Gasteiger charge is 2.44. The van der Waals surface area contributed by atoms with Crippen molar-refractivity contribution in [1.82, 2.24) is 4.90 Å². The highest BCUT2D eigenvalue weighted by molar-refractivity contribution is 6.30. The largest absolute Gasteiger partial charge is 0.480 e. The number of hydrogen-bond acceptors (Lipinski definition) is 2. The van der Waals surface area contributed by atoms with Gasteiger partial charge in [-0.25, -0.2) is 0 Å². The van der Waals surface area contributed by atoms with Crippen LogP contribution in [0.15, 0.2) is 24.3 Å². The van der Waals surface area contributed by atoms with Crippen molar-refractivity contribution in [3.8, 4) is 0 Å². The molecule has 1 saturated carbocycles. The van der Waals surface area contributed by atoms with E-state index >= 15 is 0 Å². The van der Waals surface area contributed by atoms with Gasteiger partial charge in [0, 0.05) is 17.6 Å². The predicted molar refractivity (Wildman–Crippen MR) is 78.8 cm³/mol. The normalized spacial score (nSPS) is 30.1. The summed E-state index contributed by atoms with van der Waals surface area (Å²) in [4.78, 5) is 13.7. The van der Waals surface area contributed by atoms with Gasteiger partial charge in [0.25, 0.3) is 0 Å². The summed E-state index contributed by atoms with van der Waals surface area (Å²) in [7, 11) is 0. The van der Waals surface area contributed by atoms with Crippen LogP contribution in [0.1, 0.15) is 37.7 Å². The molecule has 0 unspecified atom stereocenters. The van der Waals surface area contributed by atoms with E-state index in [0.29, 0.717) is 12.0 Å². The molecule has 0 spiro atoms. The minimum Gasteiger partial charge on any atom is -0.480 e. The van der Waals surface area contributed by atoms with Crippen molar-refractivity contribution in [3.63, 3.8) is 0 Å². The summed E-state index contributed by atoms with van der Waals surface area (Å²) in [6.45, 7) is 0.718. The number of carboxylic acid groups (broad SMARTS) is 1. The maximum atomic E-state index is 11.5. The van der Waals surface area contributed by atoms with Crippen molar-refractivity contribution in [3.05, 3.63) is 34.9 Å². The SMILES string of the molecule is O=C(O)[C@@H]1C[C@H]2CCCC[C@@H]2N1Cc1ccc(Cl)cc1. The highest BCUT2D eigenvalue weighted by Crippen LogP contribution is 2.40. The summed E-state index contributed by atoms with van der Waals surface area (Å²) in [6, 6.07) is 7.87. The number of rotatable bonds is 3. The lowest BCUT2D eigenvalue weighted by molar-refractivity contribution is -0.142. The van der Waals surface area contributed by atoms with Crippen LogP contribution in [0, 0.1) is 5.92 Å². The first-order chi connectivity index (χ1) is 9.65. The molecule has 108 valence electrons. The lowest BCUT2D eigenvalue weighted by Crippen LogP contribution is -2.41. The third kappa shape index (κ3) is 2.70. The molecule has 3 nitrogen and oxygen atoms in total. The monoisotopic (exact) mass is 293 g/mol. The summed E-state index contributed by atoms with van der Waals surface area (Å²) in [5.74, 6) is -0.106. The van der Waals surface area contributed by atoms with E-state index in [9.17, 15) is 9.90 Å². The van der Waals surface area contributed by atoms with Gasteiger partial charge in [0.05, 0.1) is 0 Å². The Labute approximate surface area is 124 Å². The first-order valence-corrected chi connectivity index (χ1v) is 7.76. The fraction of sp³-hybridized carbons (Fsp3) is 0.562. The average molecular weight is 294 g/mol. The number of nitrogens with zero attached hydrogens (tertiary/aromatic N) is 1. The van der Waals surface area contributed by atoms with E-state index in [1.165, 1.54) is 19.3 Å². The number of hydrogen-bond donors (Lipinski definition) is 1. The molecule has 2 aliphatic rings. The second kappa shape index (κ2) is 5.74. The summed E-state index contributed by atoms with van der Waals surface area (Å²) >= 11 is 5.91. The molecule has 1 saturated heterocycles. The number of benzene rings is 1. The smallest absolute Gasteiger partial charge is 0.320 e. The van der Waals surface area contributed by atoms with Crippen LogP contribution in [0.3, 0.4) is 0 Å². The maximum Gasteiger partial charge on any atom is 0.320 e. The average Bonchev–Trinajstić information content (AvgIpc) is 2.81. The first kappa shape index (κ1) is 13.9. The van der Waals surface area contributed by atoms with Gasteiger partial charge < -0.3 is 5.11 Å². The third-order valence-corrected chi connectivity index (χ3v) is 5.04. The number of aliphatic carboxylic acids is 1. The Hall–Kier alpha value is -1.06. The third-order valence-electron chi connectivity index (χ3n) is 4.78. The van der Waals surface area contributed by atoms with Crippen molar-refractivity contribution in [1.29, 1.82) is 0 Å². The standard InChI is InChI=1S/C16H20ClNO2/c17-13-7-5-11(6-8-13)10-18-14-4-2-1-3-12(14)9-15(18)16(19)20/h5-8,12,14-15H,1-4,9-10H2,(H,19,20)/t12-,14+,15+/m1/s1. The van der Waals surface area contributed by atoms with Crippen molar-refractivity contribution in [2.75, 3.05) is 0 Å². The van der Waals surface area contributed by atoms with Crippen LogP contribution < -0.4 is 0 Å². The molecular weight excluding hydrogens is 274 g/mol. The topological polar surface area (TPSA) is 40.5 Å². The molecule has 0 aromatic heterocycles. The van der Waals surface area contributed by atoms with Crippen LogP contribution in [0.5, 0.6) is 0 Å². The zero-order chi connectivity index (χ0) is 14.1. The second-order valence-electron chi connectivity index (χ2n) is 6.00. The fourth-order valence-corrected chi connectivity index (χ4v) is 3.95. The van der Waals surface area contributed by atoms with Crippen molar-refractivity contribution >= 4 is 17.6 Å². The second-order valence-corrected chi connectivity index (χ2v) is 6.44. The number of carboxylic acids is 1. The fourth-order valence-electron chi connectivity index (χ4n) is 3.82. The van der Waals surface area contributed by atoms with Gasteiger partial charge in [-0.3, -0.25) is 9.69 Å². The zero-order valence-corrected chi connectivity index (χ0v) is 12.2. The Balaban J connectivity index is 1.80. The molecule has 1 N–H and O–H groups in total. The summed E-state index contributed by atoms with van der Waals surface area (Å²) in [6.07, 6.45) is 5.62. The lowest BCUT2D eigenvalue weighted by atomic mass is 9.84. The van der Waals surface area contributed by atoms with Gasteiger partial charge >= 0.3 is 5.97 Å². The minimum absolute atomic E-state index is 0.321. The van der Waals surface area contributed by atoms with Gasteiger partial charge in [0.2, 0.25) is 0 Å². The van der Waals surface area contributed by atoms with Crippen LogP contribution in [0.2, 0.25) is 5.02 Å². The van der Waals surface area contributed by atoms with Crippen LogP contribution in [0.4, 0.5) is 0 Å². The molecule has 0 bridgehead atoms. The lowest BCUT2D eigenvalue weighted by Gasteiger charge is -2.33. The Bertz CT molecular complexity index is 488. The van der Waals surface area contributed by atoms with E-state index in [1.54, 1.807) is 0 Å². The van der Waals surface area contributed by atoms with Crippen molar-refractivity contribution in [2.45, 2.75) is 50.7 Å².